The molecule has 0 aliphatic rings. The number of carbonyl (C=O) groups is 1. The maximum atomic E-state index is 12.3. The Kier molecular flexibility index (Phi) is 2.75. The van der Waals surface area contributed by atoms with Crippen molar-refractivity contribution in [2.45, 2.75) is 26.8 Å². The molecule has 0 saturated carbocycles. The van der Waals surface area contributed by atoms with Crippen LogP contribution in [0, 0.1) is 0 Å². The van der Waals surface area contributed by atoms with Crippen LogP contribution in [0.4, 0.5) is 8.78 Å². The third kappa shape index (κ3) is 1.91. The summed E-state index contributed by atoms with van der Waals surface area (Å²) >= 11 is 0. The Morgan fingerprint density at radius 3 is 2.62 bits per heavy atom. The van der Waals surface area contributed by atoms with E-state index < -0.39 is 12.1 Å². The largest absolute Gasteiger partial charge is 0.294 e. The molecule has 0 fully saturated rings. The predicted molar refractivity (Wildman–Crippen MR) is 42.9 cm³/mol. The van der Waals surface area contributed by atoms with Crippen molar-refractivity contribution >= 4 is 5.78 Å². The first-order valence-corrected chi connectivity index (χ1v) is 3.92. The maximum Gasteiger partial charge on any atom is 0.282 e. The summed E-state index contributed by atoms with van der Waals surface area (Å²) in [5, 5.41) is 3.60. The van der Waals surface area contributed by atoms with Gasteiger partial charge in [0.05, 0.1) is 5.56 Å². The van der Waals surface area contributed by atoms with Crippen molar-refractivity contribution in [3.63, 3.8) is 0 Å². The number of aryl methyl sites for hydroxylation is 1. The normalized spacial score (nSPS) is 10.8. The van der Waals surface area contributed by atoms with Gasteiger partial charge in [-0.3, -0.25) is 9.48 Å². The minimum absolute atomic E-state index is 0.0110. The highest BCUT2D eigenvalue weighted by atomic mass is 19.3. The number of rotatable bonds is 3. The highest BCUT2D eigenvalue weighted by Gasteiger charge is 2.20. The molecule has 0 N–H and O–H groups in total. The fraction of sp³-hybridized carbons (Fsp3) is 0.500. The monoisotopic (exact) mass is 188 g/mol. The van der Waals surface area contributed by atoms with E-state index in [1.165, 1.54) is 17.8 Å². The Hall–Kier alpha value is -1.26. The van der Waals surface area contributed by atoms with E-state index in [1.54, 1.807) is 6.92 Å². The minimum Gasteiger partial charge on any atom is -0.294 e. The fourth-order valence-corrected chi connectivity index (χ4v) is 1.03. The molecule has 1 heterocycles. The lowest BCUT2D eigenvalue weighted by molar-refractivity contribution is 0.0997. The zero-order chi connectivity index (χ0) is 10.0. The van der Waals surface area contributed by atoms with Crippen molar-refractivity contribution in [2.75, 3.05) is 0 Å². The smallest absolute Gasteiger partial charge is 0.282 e. The van der Waals surface area contributed by atoms with Crippen molar-refractivity contribution in [2.24, 2.45) is 0 Å². The molecule has 0 amide bonds. The lowest BCUT2D eigenvalue weighted by atomic mass is 10.2. The van der Waals surface area contributed by atoms with Gasteiger partial charge in [-0.1, -0.05) is 0 Å². The van der Waals surface area contributed by atoms with Gasteiger partial charge in [-0.15, -0.1) is 0 Å². The number of nitrogens with zero attached hydrogens (tertiary/aromatic N) is 2. The summed E-state index contributed by atoms with van der Waals surface area (Å²) in [6.07, 6.45) is -1.34. The van der Waals surface area contributed by atoms with Gasteiger partial charge < -0.3 is 0 Å². The summed E-state index contributed by atoms with van der Waals surface area (Å²) in [6, 6.07) is 0. The number of ketones is 1. The quantitative estimate of drug-likeness (QED) is 0.680. The highest BCUT2D eigenvalue weighted by Crippen LogP contribution is 2.21. The second-order valence-electron chi connectivity index (χ2n) is 2.64. The van der Waals surface area contributed by atoms with Crippen molar-refractivity contribution in [3.8, 4) is 0 Å². The van der Waals surface area contributed by atoms with Crippen LogP contribution in [0.5, 0.6) is 0 Å². The Morgan fingerprint density at radius 1 is 1.69 bits per heavy atom. The number of alkyl halides is 2. The number of carbonyl (C=O) groups excluding carboxylic acids is 1. The summed E-state index contributed by atoms with van der Waals surface area (Å²) in [6.45, 7) is 3.50. The SMILES string of the molecule is CCn1cc(C(C)=O)c(C(F)F)n1. The maximum absolute atomic E-state index is 12.3. The summed E-state index contributed by atoms with van der Waals surface area (Å²) in [4.78, 5) is 10.9. The minimum atomic E-state index is -2.69. The van der Waals surface area contributed by atoms with Crippen LogP contribution in [0.1, 0.15) is 36.3 Å². The average Bonchev–Trinajstić information content (AvgIpc) is 2.47. The Morgan fingerprint density at radius 2 is 2.31 bits per heavy atom. The Balaban J connectivity index is 3.15. The zero-order valence-corrected chi connectivity index (χ0v) is 7.42. The van der Waals surface area contributed by atoms with E-state index in [-0.39, 0.29) is 11.3 Å². The number of halogens is 2. The van der Waals surface area contributed by atoms with E-state index in [9.17, 15) is 13.6 Å². The standard InChI is InChI=1S/C8H10F2N2O/c1-3-12-4-6(5(2)13)7(11-12)8(9)10/h4,8H,3H2,1-2H3. The zero-order valence-electron chi connectivity index (χ0n) is 7.42. The molecule has 72 valence electrons. The lowest BCUT2D eigenvalue weighted by Crippen LogP contribution is -1.97. The van der Waals surface area contributed by atoms with E-state index in [2.05, 4.69) is 5.10 Å². The first-order valence-electron chi connectivity index (χ1n) is 3.92. The van der Waals surface area contributed by atoms with Crippen LogP contribution >= 0.6 is 0 Å². The van der Waals surface area contributed by atoms with Crippen molar-refractivity contribution < 1.29 is 13.6 Å². The molecule has 1 aromatic rings. The second kappa shape index (κ2) is 3.64. The summed E-state index contributed by atoms with van der Waals surface area (Å²) in [7, 11) is 0. The predicted octanol–water partition coefficient (Wildman–Crippen LogP) is 2.04. The molecule has 0 atom stereocenters. The second-order valence-corrected chi connectivity index (χ2v) is 2.64. The van der Waals surface area contributed by atoms with E-state index >= 15 is 0 Å². The van der Waals surface area contributed by atoms with Gasteiger partial charge in [-0.05, 0) is 13.8 Å². The number of hydrogen-bond donors (Lipinski definition) is 0. The van der Waals surface area contributed by atoms with Crippen molar-refractivity contribution in [1.82, 2.24) is 9.78 Å². The fourth-order valence-electron chi connectivity index (χ4n) is 1.03. The molecule has 0 unspecified atom stereocenters. The molecule has 3 nitrogen and oxygen atoms in total. The molecule has 5 heteroatoms. The van der Waals surface area contributed by atoms with Gasteiger partial charge in [-0.25, -0.2) is 8.78 Å². The van der Waals surface area contributed by atoms with Gasteiger partial charge in [0.2, 0.25) is 0 Å². The third-order valence-electron chi connectivity index (χ3n) is 1.70. The first kappa shape index (κ1) is 9.83. The molecule has 0 saturated heterocycles. The Labute approximate surface area is 74.4 Å². The average molecular weight is 188 g/mol. The summed E-state index contributed by atoms with van der Waals surface area (Å²) in [5.74, 6) is -0.380. The molecule has 1 rings (SSSR count). The molecule has 0 bridgehead atoms. The van der Waals surface area contributed by atoms with E-state index in [0.717, 1.165) is 0 Å². The summed E-state index contributed by atoms with van der Waals surface area (Å²) in [5.41, 5.74) is -0.411. The molecular formula is C8H10F2N2O. The molecule has 0 spiro atoms. The molecule has 0 aliphatic carbocycles. The van der Waals surface area contributed by atoms with Gasteiger partial charge in [0.1, 0.15) is 5.69 Å². The summed E-state index contributed by atoms with van der Waals surface area (Å²) < 4.78 is 26.0. The van der Waals surface area contributed by atoms with Crippen LogP contribution in [0.25, 0.3) is 0 Å². The van der Waals surface area contributed by atoms with Crippen LogP contribution in [0.2, 0.25) is 0 Å². The van der Waals surface area contributed by atoms with Gasteiger partial charge in [-0.2, -0.15) is 5.10 Å². The van der Waals surface area contributed by atoms with Crippen LogP contribution in [-0.2, 0) is 6.54 Å². The third-order valence-corrected chi connectivity index (χ3v) is 1.70. The van der Waals surface area contributed by atoms with Crippen molar-refractivity contribution in [1.29, 1.82) is 0 Å². The molecule has 0 aromatic carbocycles. The number of hydrogen-bond acceptors (Lipinski definition) is 2. The molecule has 0 aliphatic heterocycles. The van der Waals surface area contributed by atoms with Crippen LogP contribution in [0.3, 0.4) is 0 Å². The number of Topliss-reactive ketones (excluding diaryl/α,β-unsaturated/α-hetero) is 1. The van der Waals surface area contributed by atoms with Crippen molar-refractivity contribution in [3.05, 3.63) is 17.5 Å². The molecule has 13 heavy (non-hydrogen) atoms. The van der Waals surface area contributed by atoms with E-state index in [4.69, 9.17) is 0 Å². The van der Waals surface area contributed by atoms with E-state index in [0.29, 0.717) is 6.54 Å². The van der Waals surface area contributed by atoms with Gasteiger partial charge >= 0.3 is 0 Å². The van der Waals surface area contributed by atoms with Crippen LogP contribution in [-0.4, -0.2) is 15.6 Å². The lowest BCUT2D eigenvalue weighted by Gasteiger charge is -1.94. The van der Waals surface area contributed by atoms with E-state index in [1.807, 2.05) is 0 Å². The van der Waals surface area contributed by atoms with Gasteiger partial charge in [0, 0.05) is 12.7 Å². The van der Waals surface area contributed by atoms with Gasteiger partial charge in [0.25, 0.3) is 6.43 Å². The highest BCUT2D eigenvalue weighted by molar-refractivity contribution is 5.95. The van der Waals surface area contributed by atoms with Crippen LogP contribution < -0.4 is 0 Å². The Bertz CT molecular complexity index is 320. The topological polar surface area (TPSA) is 34.9 Å². The number of aromatic nitrogens is 2. The molecule has 0 radical (unpaired) electrons. The van der Waals surface area contributed by atoms with Gasteiger partial charge in [0.15, 0.2) is 5.78 Å². The first-order chi connectivity index (χ1) is 6.06. The van der Waals surface area contributed by atoms with Crippen LogP contribution in [0.15, 0.2) is 6.20 Å². The molecule has 1 aromatic heterocycles. The molecular weight excluding hydrogens is 178 g/mol.